The Hall–Kier alpha value is -2.80. The first-order chi connectivity index (χ1) is 16.2. The number of nitrogens with one attached hydrogen (secondary N) is 2. The van der Waals surface area contributed by atoms with Gasteiger partial charge in [0.15, 0.2) is 0 Å². The summed E-state index contributed by atoms with van der Waals surface area (Å²) in [5.74, 6) is -0.684. The van der Waals surface area contributed by atoms with E-state index in [-0.39, 0.29) is 35.1 Å². The van der Waals surface area contributed by atoms with Gasteiger partial charge in [0.2, 0.25) is 11.8 Å². The van der Waals surface area contributed by atoms with E-state index in [4.69, 9.17) is 0 Å². The van der Waals surface area contributed by atoms with Crippen molar-refractivity contribution >= 4 is 29.5 Å². The zero-order valence-corrected chi connectivity index (χ0v) is 21.2. The Bertz CT molecular complexity index is 1090. The summed E-state index contributed by atoms with van der Waals surface area (Å²) in [5.41, 5.74) is 2.61. The number of thioether (sulfide) groups is 1. The van der Waals surface area contributed by atoms with Crippen molar-refractivity contribution in [3.05, 3.63) is 71.3 Å². The van der Waals surface area contributed by atoms with Crippen LogP contribution in [0.25, 0.3) is 0 Å². The van der Waals surface area contributed by atoms with E-state index in [1.807, 2.05) is 89.2 Å². The van der Waals surface area contributed by atoms with E-state index in [2.05, 4.69) is 10.6 Å². The minimum absolute atomic E-state index is 0.0636. The summed E-state index contributed by atoms with van der Waals surface area (Å²) in [5, 5.41) is 5.89. The molecule has 0 aliphatic carbocycles. The zero-order chi connectivity index (χ0) is 24.6. The van der Waals surface area contributed by atoms with Crippen molar-refractivity contribution in [2.45, 2.75) is 69.3 Å². The molecule has 1 fully saturated rings. The molecule has 2 aliphatic rings. The Morgan fingerprint density at radius 2 is 1.68 bits per heavy atom. The van der Waals surface area contributed by atoms with E-state index in [9.17, 15) is 14.4 Å². The van der Waals surface area contributed by atoms with Crippen molar-refractivity contribution in [2.24, 2.45) is 5.92 Å². The monoisotopic (exact) mass is 479 g/mol. The lowest BCUT2D eigenvalue weighted by molar-refractivity contribution is -0.133. The number of hydrogen-bond donors (Lipinski definition) is 2. The fourth-order valence-electron chi connectivity index (χ4n) is 4.87. The third-order valence-electron chi connectivity index (χ3n) is 7.00. The molecule has 6 nitrogen and oxygen atoms in total. The summed E-state index contributed by atoms with van der Waals surface area (Å²) in [4.78, 5) is 41.9. The van der Waals surface area contributed by atoms with Crippen LogP contribution < -0.4 is 10.6 Å². The van der Waals surface area contributed by atoms with Crippen LogP contribution in [0.5, 0.6) is 0 Å². The normalized spacial score (nSPS) is 23.0. The van der Waals surface area contributed by atoms with Crippen LogP contribution in [0.4, 0.5) is 0 Å². The molecule has 34 heavy (non-hydrogen) atoms. The van der Waals surface area contributed by atoms with Gasteiger partial charge in [0.1, 0.15) is 17.5 Å². The maximum Gasteiger partial charge on any atom is 0.256 e. The minimum Gasteiger partial charge on any atom is -0.348 e. The number of carbonyl (C=O) groups is 3. The fraction of sp³-hybridized carbons (Fsp3) is 0.444. The van der Waals surface area contributed by atoms with E-state index in [1.165, 1.54) is 0 Å². The number of nitrogens with zero attached hydrogens (tertiary/aromatic N) is 1. The van der Waals surface area contributed by atoms with Crippen LogP contribution in [0, 0.1) is 5.92 Å². The van der Waals surface area contributed by atoms with Gasteiger partial charge in [-0.15, -0.1) is 11.8 Å². The lowest BCUT2D eigenvalue weighted by Crippen LogP contribution is -2.58. The lowest BCUT2D eigenvalue weighted by atomic mass is 9.95. The number of rotatable bonds is 7. The highest BCUT2D eigenvalue weighted by Crippen LogP contribution is 2.56. The van der Waals surface area contributed by atoms with Crippen LogP contribution >= 0.6 is 11.8 Å². The molecular formula is C27H33N3O3S. The molecule has 2 N–H and O–H groups in total. The standard InChI is InChI=1S/C27H33N3O3S/c1-6-16(2)21(23(31)28-17(3)18-12-8-7-9-13-18)29-24(32)22-27(4,5)34-26-20-15-11-10-14-19(20)25(33)30(22)26/h7-17,21-22,26H,6H2,1-5H3,(H,28,31)(H,29,32)/t16-,17-,21-,22+,26+/m0/s1. The molecule has 0 aromatic heterocycles. The molecule has 2 heterocycles. The van der Waals surface area contributed by atoms with Gasteiger partial charge in [0, 0.05) is 10.3 Å². The predicted molar refractivity (Wildman–Crippen MR) is 135 cm³/mol. The van der Waals surface area contributed by atoms with Crippen LogP contribution in [-0.2, 0) is 9.59 Å². The molecule has 0 saturated carbocycles. The highest BCUT2D eigenvalue weighted by Gasteiger charge is 2.57. The first kappa shape index (κ1) is 24.3. The van der Waals surface area contributed by atoms with Gasteiger partial charge in [-0.05, 0) is 43.9 Å². The average Bonchev–Trinajstić information content (AvgIpc) is 3.26. The highest BCUT2D eigenvalue weighted by atomic mass is 32.2. The van der Waals surface area contributed by atoms with Gasteiger partial charge in [0.05, 0.1) is 6.04 Å². The van der Waals surface area contributed by atoms with Crippen molar-refractivity contribution in [3.8, 4) is 0 Å². The molecular weight excluding hydrogens is 446 g/mol. The van der Waals surface area contributed by atoms with Gasteiger partial charge in [-0.25, -0.2) is 0 Å². The van der Waals surface area contributed by atoms with Crippen LogP contribution in [-0.4, -0.2) is 39.5 Å². The number of hydrogen-bond acceptors (Lipinski definition) is 4. The molecule has 0 radical (unpaired) electrons. The second-order valence-electron chi connectivity index (χ2n) is 9.79. The molecule has 3 amide bonds. The molecule has 7 heteroatoms. The largest absolute Gasteiger partial charge is 0.348 e. The first-order valence-corrected chi connectivity index (χ1v) is 12.8. The second kappa shape index (κ2) is 9.45. The number of benzene rings is 2. The second-order valence-corrected chi connectivity index (χ2v) is 11.5. The van der Waals surface area contributed by atoms with E-state index >= 15 is 0 Å². The Balaban J connectivity index is 1.55. The lowest BCUT2D eigenvalue weighted by Gasteiger charge is -2.32. The Kier molecular flexibility index (Phi) is 6.76. The van der Waals surface area contributed by atoms with Crippen molar-refractivity contribution in [1.29, 1.82) is 0 Å². The summed E-state index contributed by atoms with van der Waals surface area (Å²) in [6.07, 6.45) is 0.734. The van der Waals surface area contributed by atoms with Crippen LogP contribution in [0.15, 0.2) is 54.6 Å². The Labute approximate surface area is 205 Å². The molecule has 0 bridgehead atoms. The third-order valence-corrected chi connectivity index (χ3v) is 8.53. The maximum absolute atomic E-state index is 13.7. The fourth-order valence-corrected chi connectivity index (χ4v) is 6.46. The summed E-state index contributed by atoms with van der Waals surface area (Å²) in [6, 6.07) is 15.8. The minimum atomic E-state index is -0.691. The molecule has 5 atom stereocenters. The van der Waals surface area contributed by atoms with Gasteiger partial charge < -0.3 is 15.5 Å². The summed E-state index contributed by atoms with van der Waals surface area (Å²) < 4.78 is -0.494. The Morgan fingerprint density at radius 3 is 2.35 bits per heavy atom. The maximum atomic E-state index is 13.7. The van der Waals surface area contributed by atoms with E-state index in [0.717, 1.165) is 17.5 Å². The molecule has 180 valence electrons. The molecule has 0 unspecified atom stereocenters. The average molecular weight is 480 g/mol. The zero-order valence-electron chi connectivity index (χ0n) is 20.4. The van der Waals surface area contributed by atoms with Gasteiger partial charge >= 0.3 is 0 Å². The van der Waals surface area contributed by atoms with Crippen LogP contribution in [0.3, 0.4) is 0 Å². The van der Waals surface area contributed by atoms with E-state index in [1.54, 1.807) is 16.7 Å². The SMILES string of the molecule is CC[C@H](C)[C@H](NC(=O)[C@H]1N2C(=O)c3ccccc3[C@H]2SC1(C)C)C(=O)N[C@@H](C)c1ccccc1. The van der Waals surface area contributed by atoms with Gasteiger partial charge in [0.25, 0.3) is 5.91 Å². The topological polar surface area (TPSA) is 78.5 Å². The molecule has 2 aliphatic heterocycles. The quantitative estimate of drug-likeness (QED) is 0.615. The first-order valence-electron chi connectivity index (χ1n) is 11.9. The van der Waals surface area contributed by atoms with Gasteiger partial charge in [-0.3, -0.25) is 14.4 Å². The van der Waals surface area contributed by atoms with Crippen molar-refractivity contribution in [2.75, 3.05) is 0 Å². The molecule has 2 aromatic rings. The summed E-state index contributed by atoms with van der Waals surface area (Å²) in [6.45, 7) is 9.89. The van der Waals surface area contributed by atoms with Gasteiger partial charge in [-0.2, -0.15) is 0 Å². The van der Waals surface area contributed by atoms with E-state index in [0.29, 0.717) is 5.56 Å². The van der Waals surface area contributed by atoms with E-state index < -0.39 is 16.8 Å². The smallest absolute Gasteiger partial charge is 0.256 e. The highest BCUT2D eigenvalue weighted by molar-refractivity contribution is 8.01. The van der Waals surface area contributed by atoms with Gasteiger partial charge in [-0.1, -0.05) is 68.8 Å². The van der Waals surface area contributed by atoms with Crippen molar-refractivity contribution in [1.82, 2.24) is 15.5 Å². The van der Waals surface area contributed by atoms with Crippen molar-refractivity contribution < 1.29 is 14.4 Å². The molecule has 2 aromatic carbocycles. The summed E-state index contributed by atoms with van der Waals surface area (Å²) >= 11 is 1.62. The third kappa shape index (κ3) is 4.33. The predicted octanol–water partition coefficient (Wildman–Crippen LogP) is 4.44. The Morgan fingerprint density at radius 1 is 1.03 bits per heavy atom. The molecule has 1 saturated heterocycles. The molecule has 4 rings (SSSR count). The van der Waals surface area contributed by atoms with Crippen molar-refractivity contribution in [3.63, 3.8) is 0 Å². The van der Waals surface area contributed by atoms with Crippen LogP contribution in [0.2, 0.25) is 0 Å². The number of fused-ring (bicyclic) bond motifs is 3. The van der Waals surface area contributed by atoms with Crippen LogP contribution in [0.1, 0.15) is 73.9 Å². The number of carbonyl (C=O) groups excluding carboxylic acids is 3. The summed E-state index contributed by atoms with van der Waals surface area (Å²) in [7, 11) is 0. The number of amides is 3. The molecule has 0 spiro atoms.